The van der Waals surface area contributed by atoms with Gasteiger partial charge in [-0.15, -0.1) is 0 Å². The van der Waals surface area contributed by atoms with Crippen LogP contribution in [0.4, 0.5) is 5.69 Å². The summed E-state index contributed by atoms with van der Waals surface area (Å²) in [4.78, 5) is 30.3. The van der Waals surface area contributed by atoms with Crippen molar-refractivity contribution in [1.82, 2.24) is 4.98 Å². The van der Waals surface area contributed by atoms with Crippen LogP contribution in [0, 0.1) is 0 Å². The zero-order valence-electron chi connectivity index (χ0n) is 12.9. The third-order valence-corrected chi connectivity index (χ3v) is 3.92. The highest BCUT2D eigenvalue weighted by Gasteiger charge is 2.28. The van der Waals surface area contributed by atoms with Crippen molar-refractivity contribution < 1.29 is 14.3 Å². The van der Waals surface area contributed by atoms with Crippen LogP contribution in [0.5, 0.6) is 0 Å². The zero-order valence-corrected chi connectivity index (χ0v) is 12.9. The van der Waals surface area contributed by atoms with Crippen molar-refractivity contribution in [3.63, 3.8) is 0 Å². The standard InChI is InChI=1S/C18H18N2O3/c1-13(23-18(22)15-8-10-19-11-9-15)17(21)20-12-4-6-14-5-2-3-7-16(14)20/h2-3,5,7-11,13H,4,6,12H2,1H3. The normalized spacial score (nSPS) is 14.7. The minimum atomic E-state index is -0.832. The molecular formula is C18H18N2O3. The number of para-hydroxylation sites is 1. The lowest BCUT2D eigenvalue weighted by molar-refractivity contribution is -0.126. The van der Waals surface area contributed by atoms with E-state index >= 15 is 0 Å². The van der Waals surface area contributed by atoms with E-state index in [2.05, 4.69) is 4.98 Å². The summed E-state index contributed by atoms with van der Waals surface area (Å²) in [5.74, 6) is -0.710. The molecule has 5 heteroatoms. The van der Waals surface area contributed by atoms with E-state index in [4.69, 9.17) is 4.74 Å². The fraction of sp³-hybridized carbons (Fsp3) is 0.278. The average Bonchev–Trinajstić information content (AvgIpc) is 2.61. The minimum Gasteiger partial charge on any atom is -0.449 e. The van der Waals surface area contributed by atoms with E-state index in [-0.39, 0.29) is 5.91 Å². The molecule has 0 saturated carbocycles. The van der Waals surface area contributed by atoms with E-state index < -0.39 is 12.1 Å². The van der Waals surface area contributed by atoms with E-state index in [1.165, 1.54) is 12.4 Å². The molecule has 1 aliphatic heterocycles. The van der Waals surface area contributed by atoms with Crippen molar-refractivity contribution in [2.24, 2.45) is 0 Å². The average molecular weight is 310 g/mol. The number of ether oxygens (including phenoxy) is 1. The Bertz CT molecular complexity index is 715. The zero-order chi connectivity index (χ0) is 16.2. The van der Waals surface area contributed by atoms with E-state index in [0.717, 1.165) is 24.1 Å². The van der Waals surface area contributed by atoms with Crippen molar-refractivity contribution in [2.75, 3.05) is 11.4 Å². The SMILES string of the molecule is CC(OC(=O)c1ccncc1)C(=O)N1CCCc2ccccc21. The molecule has 2 heterocycles. The Hall–Kier alpha value is -2.69. The number of nitrogens with zero attached hydrogens (tertiary/aromatic N) is 2. The number of carbonyl (C=O) groups excluding carboxylic acids is 2. The van der Waals surface area contributed by atoms with Gasteiger partial charge in [-0.3, -0.25) is 9.78 Å². The van der Waals surface area contributed by atoms with Gasteiger partial charge >= 0.3 is 5.97 Å². The van der Waals surface area contributed by atoms with Gasteiger partial charge in [0.25, 0.3) is 5.91 Å². The third kappa shape index (κ3) is 3.23. The van der Waals surface area contributed by atoms with Gasteiger partial charge in [0.1, 0.15) is 0 Å². The molecular weight excluding hydrogens is 292 g/mol. The Morgan fingerprint density at radius 2 is 1.91 bits per heavy atom. The quantitative estimate of drug-likeness (QED) is 0.818. The predicted molar refractivity (Wildman–Crippen MR) is 86.2 cm³/mol. The molecule has 1 amide bonds. The number of pyridine rings is 1. The largest absolute Gasteiger partial charge is 0.449 e. The Labute approximate surface area is 134 Å². The van der Waals surface area contributed by atoms with Crippen LogP contribution in [-0.4, -0.2) is 29.5 Å². The molecule has 0 saturated heterocycles. The van der Waals surface area contributed by atoms with E-state index in [1.54, 1.807) is 24.0 Å². The Morgan fingerprint density at radius 1 is 1.17 bits per heavy atom. The van der Waals surface area contributed by atoms with Crippen LogP contribution in [0.1, 0.15) is 29.3 Å². The highest BCUT2D eigenvalue weighted by molar-refractivity contribution is 5.99. The van der Waals surface area contributed by atoms with Crippen molar-refractivity contribution in [3.05, 3.63) is 59.9 Å². The van der Waals surface area contributed by atoms with E-state index in [1.807, 2.05) is 24.3 Å². The molecule has 0 spiro atoms. The molecule has 3 rings (SSSR count). The van der Waals surface area contributed by atoms with E-state index in [9.17, 15) is 9.59 Å². The fourth-order valence-corrected chi connectivity index (χ4v) is 2.75. The summed E-state index contributed by atoms with van der Waals surface area (Å²) in [5, 5.41) is 0. The van der Waals surface area contributed by atoms with Gasteiger partial charge in [-0.2, -0.15) is 0 Å². The van der Waals surface area contributed by atoms with Gasteiger partial charge in [0, 0.05) is 24.6 Å². The smallest absolute Gasteiger partial charge is 0.339 e. The van der Waals surface area contributed by atoms with Crippen LogP contribution in [0.15, 0.2) is 48.8 Å². The topological polar surface area (TPSA) is 59.5 Å². The Kier molecular flexibility index (Phi) is 4.37. The van der Waals surface area contributed by atoms with Crippen LogP contribution >= 0.6 is 0 Å². The van der Waals surface area contributed by atoms with Crippen molar-refractivity contribution >= 4 is 17.6 Å². The van der Waals surface area contributed by atoms with Crippen molar-refractivity contribution in [2.45, 2.75) is 25.9 Å². The fourth-order valence-electron chi connectivity index (χ4n) is 2.75. The molecule has 2 aromatic rings. The van der Waals surface area contributed by atoms with Crippen molar-refractivity contribution in [3.8, 4) is 0 Å². The molecule has 1 aromatic heterocycles. The lowest BCUT2D eigenvalue weighted by atomic mass is 10.0. The van der Waals surface area contributed by atoms with Crippen LogP contribution in [-0.2, 0) is 16.0 Å². The lowest BCUT2D eigenvalue weighted by Gasteiger charge is -2.31. The minimum absolute atomic E-state index is 0.195. The lowest BCUT2D eigenvalue weighted by Crippen LogP contribution is -2.42. The first-order chi connectivity index (χ1) is 11.2. The van der Waals surface area contributed by atoms with Gasteiger partial charge in [0.2, 0.25) is 0 Å². The number of carbonyl (C=O) groups is 2. The molecule has 1 aromatic carbocycles. The van der Waals surface area contributed by atoms with E-state index in [0.29, 0.717) is 12.1 Å². The molecule has 0 fully saturated rings. The molecule has 5 nitrogen and oxygen atoms in total. The Morgan fingerprint density at radius 3 is 2.70 bits per heavy atom. The van der Waals surface area contributed by atoms with Crippen molar-refractivity contribution in [1.29, 1.82) is 0 Å². The van der Waals surface area contributed by atoms with Crippen LogP contribution in [0.3, 0.4) is 0 Å². The van der Waals surface area contributed by atoms with Crippen LogP contribution < -0.4 is 4.90 Å². The molecule has 1 unspecified atom stereocenters. The molecule has 1 atom stereocenters. The Balaban J connectivity index is 1.72. The first kappa shape index (κ1) is 15.2. The highest BCUT2D eigenvalue weighted by Crippen LogP contribution is 2.27. The maximum Gasteiger partial charge on any atom is 0.339 e. The number of anilines is 1. The molecule has 23 heavy (non-hydrogen) atoms. The summed E-state index contributed by atoms with van der Waals surface area (Å²) in [6.07, 6.45) is 4.08. The first-order valence-corrected chi connectivity index (χ1v) is 7.67. The maximum absolute atomic E-state index is 12.7. The predicted octanol–water partition coefficient (Wildman–Crippen LogP) is 2.61. The number of aryl methyl sites for hydroxylation is 1. The van der Waals surface area contributed by atoms with Gasteiger partial charge in [0.15, 0.2) is 6.10 Å². The first-order valence-electron chi connectivity index (χ1n) is 7.67. The number of amides is 1. The summed E-state index contributed by atoms with van der Waals surface area (Å²) in [6.45, 7) is 2.26. The molecule has 0 radical (unpaired) electrons. The van der Waals surface area contributed by atoms with Gasteiger partial charge in [0.05, 0.1) is 5.56 Å². The summed E-state index contributed by atoms with van der Waals surface area (Å²) < 4.78 is 5.31. The number of hydrogen-bond donors (Lipinski definition) is 0. The highest BCUT2D eigenvalue weighted by atomic mass is 16.5. The summed E-state index contributed by atoms with van der Waals surface area (Å²) in [5.41, 5.74) is 2.45. The maximum atomic E-state index is 12.7. The molecule has 1 aliphatic rings. The second kappa shape index (κ2) is 6.60. The summed E-state index contributed by atoms with van der Waals surface area (Å²) in [6, 6.07) is 11.0. The van der Waals surface area contributed by atoms with Crippen LogP contribution in [0.25, 0.3) is 0 Å². The number of hydrogen-bond acceptors (Lipinski definition) is 4. The molecule has 0 aliphatic carbocycles. The summed E-state index contributed by atoms with van der Waals surface area (Å²) >= 11 is 0. The number of benzene rings is 1. The number of esters is 1. The molecule has 0 bridgehead atoms. The van der Waals surface area contributed by atoms with Gasteiger partial charge < -0.3 is 9.64 Å². The number of rotatable bonds is 3. The monoisotopic (exact) mass is 310 g/mol. The molecule has 118 valence electrons. The second-order valence-electron chi connectivity index (χ2n) is 5.51. The van der Waals surface area contributed by atoms with Crippen LogP contribution in [0.2, 0.25) is 0 Å². The number of aromatic nitrogens is 1. The van der Waals surface area contributed by atoms with Gasteiger partial charge in [-0.1, -0.05) is 18.2 Å². The summed E-state index contributed by atoms with van der Waals surface area (Å²) in [7, 11) is 0. The second-order valence-corrected chi connectivity index (χ2v) is 5.51. The van der Waals surface area contributed by atoms with Gasteiger partial charge in [-0.05, 0) is 43.5 Å². The molecule has 0 N–H and O–H groups in total. The van der Waals surface area contributed by atoms with Gasteiger partial charge in [-0.25, -0.2) is 4.79 Å². The number of fused-ring (bicyclic) bond motifs is 1. The third-order valence-electron chi connectivity index (χ3n) is 3.92.